The third-order valence-corrected chi connectivity index (χ3v) is 20.5. The summed E-state index contributed by atoms with van der Waals surface area (Å²) in [7, 11) is -0.805. The summed E-state index contributed by atoms with van der Waals surface area (Å²) in [6.45, 7) is 30.5. The molecule has 0 saturated heterocycles. The van der Waals surface area contributed by atoms with Gasteiger partial charge in [0.2, 0.25) is 16.6 Å². The second kappa shape index (κ2) is 15.5. The molecule has 4 nitrogen and oxygen atoms in total. The average Bonchev–Trinajstić information content (AvgIpc) is 2.72. The summed E-state index contributed by atoms with van der Waals surface area (Å²) in [5.41, 5.74) is 3.03. The molecule has 0 aliphatic heterocycles. The lowest BCUT2D eigenvalue weighted by atomic mass is 10.1. The van der Waals surface area contributed by atoms with Crippen molar-refractivity contribution in [2.75, 3.05) is 14.2 Å². The van der Waals surface area contributed by atoms with Gasteiger partial charge in [-0.05, 0) is 39.7 Å². The minimum Gasteiger partial charge on any atom is -0.410 e. The first-order valence-electron chi connectivity index (χ1n) is 14.1. The molecule has 0 aromatic heterocycles. The maximum Gasteiger partial charge on any atom is 0.201 e. The summed E-state index contributed by atoms with van der Waals surface area (Å²) in [4.78, 5) is 0. The van der Waals surface area contributed by atoms with Crippen LogP contribution in [0.1, 0.15) is 116 Å². The van der Waals surface area contributed by atoms with E-state index in [-0.39, 0.29) is 12.2 Å². The lowest BCUT2D eigenvalue weighted by Crippen LogP contribution is -2.59. The molecule has 0 bridgehead atoms. The van der Waals surface area contributed by atoms with Gasteiger partial charge in [-0.2, -0.15) is 0 Å². The third-order valence-electron chi connectivity index (χ3n) is 8.30. The van der Waals surface area contributed by atoms with Crippen LogP contribution in [-0.2, 0) is 18.3 Å². The number of rotatable bonds is 18. The van der Waals surface area contributed by atoms with Crippen molar-refractivity contribution in [3.8, 4) is 0 Å². The number of hydrogen-bond acceptors (Lipinski definition) is 4. The first-order chi connectivity index (χ1) is 15.7. The molecule has 0 spiro atoms. The Hall–Kier alpha value is 0.274. The Bertz CT molecular complexity index is 487. The lowest BCUT2D eigenvalue weighted by Gasteiger charge is -2.50. The van der Waals surface area contributed by atoms with E-state index in [1.54, 1.807) is 14.2 Å². The van der Waals surface area contributed by atoms with E-state index < -0.39 is 22.9 Å². The highest BCUT2D eigenvalue weighted by Gasteiger charge is 2.52. The van der Waals surface area contributed by atoms with Crippen LogP contribution in [0.15, 0.2) is 0 Å². The Morgan fingerprint density at radius 2 is 0.882 bits per heavy atom. The standard InChI is InChI=1S/C28H62O4Si2/c1-16-17-18-19-26(31-33(20(2)3,21(4)5)22(6)7)27(28(29-14)30-15)32-34(23(8)9,24(10)11)25(12)13/h20-28H,16-19H2,1-15H3/t26-,27-/m0/s1. The highest BCUT2D eigenvalue weighted by atomic mass is 28.4. The summed E-state index contributed by atoms with van der Waals surface area (Å²) in [5, 5.41) is 0. The van der Waals surface area contributed by atoms with Gasteiger partial charge < -0.3 is 18.3 Å². The van der Waals surface area contributed by atoms with E-state index in [2.05, 4.69) is 90.0 Å². The van der Waals surface area contributed by atoms with E-state index in [4.69, 9.17) is 18.3 Å². The van der Waals surface area contributed by atoms with Gasteiger partial charge in [-0.3, -0.25) is 0 Å². The van der Waals surface area contributed by atoms with Crippen molar-refractivity contribution in [3.05, 3.63) is 0 Å². The van der Waals surface area contributed by atoms with Crippen LogP contribution in [0.3, 0.4) is 0 Å². The molecule has 0 aromatic rings. The van der Waals surface area contributed by atoms with Crippen LogP contribution in [0.4, 0.5) is 0 Å². The Kier molecular flexibility index (Phi) is 15.6. The van der Waals surface area contributed by atoms with E-state index in [1.165, 1.54) is 12.8 Å². The minimum absolute atomic E-state index is 0.0292. The number of ether oxygens (including phenoxy) is 2. The molecule has 206 valence electrons. The molecule has 0 fully saturated rings. The maximum absolute atomic E-state index is 7.48. The van der Waals surface area contributed by atoms with Gasteiger partial charge in [-0.25, -0.2) is 0 Å². The van der Waals surface area contributed by atoms with Gasteiger partial charge in [0.25, 0.3) is 0 Å². The third kappa shape index (κ3) is 7.88. The average molecular weight is 519 g/mol. The molecular weight excluding hydrogens is 456 g/mol. The van der Waals surface area contributed by atoms with Gasteiger partial charge in [0.1, 0.15) is 6.10 Å². The van der Waals surface area contributed by atoms with Crippen molar-refractivity contribution in [2.45, 2.75) is 167 Å². The van der Waals surface area contributed by atoms with Crippen molar-refractivity contribution in [3.63, 3.8) is 0 Å². The maximum atomic E-state index is 7.48. The predicted octanol–water partition coefficient (Wildman–Crippen LogP) is 9.31. The molecule has 6 heteroatoms. The second-order valence-electron chi connectivity index (χ2n) is 12.2. The van der Waals surface area contributed by atoms with Crippen molar-refractivity contribution in [1.82, 2.24) is 0 Å². The van der Waals surface area contributed by atoms with Crippen LogP contribution in [0, 0.1) is 0 Å². The van der Waals surface area contributed by atoms with Crippen molar-refractivity contribution in [2.24, 2.45) is 0 Å². The van der Waals surface area contributed by atoms with Crippen LogP contribution >= 0.6 is 0 Å². The molecule has 0 aliphatic rings. The summed E-state index contributed by atoms with van der Waals surface area (Å²) in [6.07, 6.45) is 3.83. The highest BCUT2D eigenvalue weighted by molar-refractivity contribution is 6.78. The van der Waals surface area contributed by atoms with Crippen molar-refractivity contribution < 1.29 is 18.3 Å². The minimum atomic E-state index is -2.18. The molecule has 0 rings (SSSR count). The summed E-state index contributed by atoms with van der Waals surface area (Å²) < 4.78 is 26.8. The van der Waals surface area contributed by atoms with Gasteiger partial charge in [-0.1, -0.05) is 109 Å². The van der Waals surface area contributed by atoms with E-state index in [9.17, 15) is 0 Å². The van der Waals surface area contributed by atoms with Gasteiger partial charge >= 0.3 is 0 Å². The number of hydrogen-bond donors (Lipinski definition) is 0. The first kappa shape index (κ1) is 34.3. The zero-order valence-corrected chi connectivity index (χ0v) is 27.7. The molecule has 0 amide bonds. The van der Waals surface area contributed by atoms with Crippen LogP contribution in [-0.4, -0.2) is 49.4 Å². The van der Waals surface area contributed by atoms with E-state index in [0.717, 1.165) is 12.8 Å². The highest BCUT2D eigenvalue weighted by Crippen LogP contribution is 2.47. The summed E-state index contributed by atoms with van der Waals surface area (Å²) in [5.74, 6) is 0. The fraction of sp³-hybridized carbons (Fsp3) is 1.00. The van der Waals surface area contributed by atoms with Crippen LogP contribution in [0.5, 0.6) is 0 Å². The first-order valence-corrected chi connectivity index (χ1v) is 18.4. The molecular formula is C28H62O4Si2. The Labute approximate surface area is 216 Å². The monoisotopic (exact) mass is 518 g/mol. The molecule has 0 saturated carbocycles. The largest absolute Gasteiger partial charge is 0.410 e. The smallest absolute Gasteiger partial charge is 0.201 e. The van der Waals surface area contributed by atoms with E-state index >= 15 is 0 Å². The Morgan fingerprint density at radius 3 is 1.18 bits per heavy atom. The van der Waals surface area contributed by atoms with Crippen LogP contribution < -0.4 is 0 Å². The Morgan fingerprint density at radius 1 is 0.529 bits per heavy atom. The fourth-order valence-electron chi connectivity index (χ4n) is 6.87. The lowest BCUT2D eigenvalue weighted by molar-refractivity contribution is -0.184. The normalized spacial score (nSPS) is 15.7. The summed E-state index contributed by atoms with van der Waals surface area (Å²) >= 11 is 0. The molecule has 0 N–H and O–H groups in total. The predicted molar refractivity (Wildman–Crippen MR) is 154 cm³/mol. The molecule has 0 heterocycles. The zero-order valence-electron chi connectivity index (χ0n) is 25.7. The quantitative estimate of drug-likeness (QED) is 0.103. The van der Waals surface area contributed by atoms with E-state index in [0.29, 0.717) is 33.2 Å². The van der Waals surface area contributed by atoms with Crippen LogP contribution in [0.25, 0.3) is 0 Å². The fourth-order valence-corrected chi connectivity index (χ4v) is 18.0. The van der Waals surface area contributed by atoms with E-state index in [1.807, 2.05) is 0 Å². The molecule has 0 aromatic carbocycles. The summed E-state index contributed by atoms with van der Waals surface area (Å²) in [6, 6.07) is 0. The molecule has 34 heavy (non-hydrogen) atoms. The molecule has 0 unspecified atom stereocenters. The zero-order chi connectivity index (χ0) is 26.9. The van der Waals surface area contributed by atoms with Gasteiger partial charge in [0, 0.05) is 14.2 Å². The van der Waals surface area contributed by atoms with Gasteiger partial charge in [0.15, 0.2) is 6.29 Å². The number of unbranched alkanes of at least 4 members (excludes halogenated alkanes) is 2. The topological polar surface area (TPSA) is 36.9 Å². The van der Waals surface area contributed by atoms with Crippen molar-refractivity contribution >= 4 is 16.6 Å². The van der Waals surface area contributed by atoms with Gasteiger partial charge in [-0.15, -0.1) is 0 Å². The second-order valence-corrected chi connectivity index (χ2v) is 23.0. The molecule has 2 atom stereocenters. The SMILES string of the molecule is CCCCC[C@H](O[Si](C(C)C)(C(C)C)C(C)C)[C@H](O[Si](C(C)C)(C(C)C)C(C)C)C(OC)OC. The van der Waals surface area contributed by atoms with Gasteiger partial charge in [0.05, 0.1) is 6.10 Å². The molecule has 0 aliphatic carbocycles. The number of methoxy groups -OCH3 is 2. The van der Waals surface area contributed by atoms with Crippen LogP contribution in [0.2, 0.25) is 33.2 Å². The Balaban J connectivity index is 6.77. The van der Waals surface area contributed by atoms with Crippen molar-refractivity contribution in [1.29, 1.82) is 0 Å². The molecule has 0 radical (unpaired) electrons.